The first kappa shape index (κ1) is 12.5. The van der Waals surface area contributed by atoms with Gasteiger partial charge in [-0.15, -0.1) is 5.10 Å². The predicted octanol–water partition coefficient (Wildman–Crippen LogP) is 3.06. The van der Waals surface area contributed by atoms with Gasteiger partial charge >= 0.3 is 0 Å². The third-order valence-corrected chi connectivity index (χ3v) is 2.95. The van der Waals surface area contributed by atoms with Gasteiger partial charge in [0.15, 0.2) is 0 Å². The highest BCUT2D eigenvalue weighted by Gasteiger charge is 2.04. The van der Waals surface area contributed by atoms with E-state index in [4.69, 9.17) is 11.6 Å². The molecule has 1 aromatic carbocycles. The van der Waals surface area contributed by atoms with E-state index in [0.29, 0.717) is 6.54 Å². The van der Waals surface area contributed by atoms with Crippen molar-refractivity contribution >= 4 is 27.5 Å². The van der Waals surface area contributed by atoms with Gasteiger partial charge in [-0.05, 0) is 17.7 Å². The molecule has 2 rings (SSSR count). The van der Waals surface area contributed by atoms with Crippen molar-refractivity contribution in [2.75, 3.05) is 5.33 Å². The standard InChI is InChI=1S/C11H10BrClFN3/c12-4-3-9-7-17(16-15-9)6-8-1-2-11(14)10(13)5-8/h1-2,5,7H,3-4,6H2. The van der Waals surface area contributed by atoms with Crippen LogP contribution in [0.1, 0.15) is 11.3 Å². The van der Waals surface area contributed by atoms with Crippen LogP contribution in [0.25, 0.3) is 0 Å². The maximum Gasteiger partial charge on any atom is 0.141 e. The Hall–Kier alpha value is -0.940. The molecule has 0 aliphatic heterocycles. The summed E-state index contributed by atoms with van der Waals surface area (Å²) < 4.78 is 14.7. The Labute approximate surface area is 112 Å². The van der Waals surface area contributed by atoms with Gasteiger partial charge in [0.25, 0.3) is 0 Å². The third-order valence-electron chi connectivity index (χ3n) is 2.27. The fraction of sp³-hybridized carbons (Fsp3) is 0.273. The third kappa shape index (κ3) is 3.26. The Morgan fingerprint density at radius 2 is 2.24 bits per heavy atom. The van der Waals surface area contributed by atoms with Crippen LogP contribution in [-0.4, -0.2) is 20.3 Å². The molecule has 0 saturated heterocycles. The Morgan fingerprint density at radius 3 is 2.94 bits per heavy atom. The summed E-state index contributed by atoms with van der Waals surface area (Å²) in [5.74, 6) is -0.408. The molecule has 0 unspecified atom stereocenters. The van der Waals surface area contributed by atoms with Crippen molar-refractivity contribution in [3.8, 4) is 0 Å². The van der Waals surface area contributed by atoms with E-state index >= 15 is 0 Å². The van der Waals surface area contributed by atoms with E-state index in [1.807, 2.05) is 6.20 Å². The molecule has 0 fully saturated rings. The molecule has 0 amide bonds. The second-order valence-electron chi connectivity index (χ2n) is 3.59. The topological polar surface area (TPSA) is 30.7 Å². The number of halogens is 3. The quantitative estimate of drug-likeness (QED) is 0.811. The molecule has 0 atom stereocenters. The Bertz CT molecular complexity index is 515. The lowest BCUT2D eigenvalue weighted by Crippen LogP contribution is -2.00. The Kier molecular flexibility index (Phi) is 4.12. The van der Waals surface area contributed by atoms with E-state index in [1.54, 1.807) is 16.8 Å². The summed E-state index contributed by atoms with van der Waals surface area (Å²) in [7, 11) is 0. The van der Waals surface area contributed by atoms with Crippen LogP contribution in [0.15, 0.2) is 24.4 Å². The van der Waals surface area contributed by atoms with Crippen molar-refractivity contribution < 1.29 is 4.39 Å². The van der Waals surface area contributed by atoms with Crippen LogP contribution >= 0.6 is 27.5 Å². The molecular weight excluding hydrogens is 308 g/mol. The van der Waals surface area contributed by atoms with Crippen LogP contribution in [-0.2, 0) is 13.0 Å². The minimum absolute atomic E-state index is 0.128. The first-order valence-corrected chi connectivity index (χ1v) is 6.58. The average Bonchev–Trinajstić information content (AvgIpc) is 2.72. The van der Waals surface area contributed by atoms with Gasteiger partial charge in [-0.2, -0.15) is 0 Å². The fourth-order valence-electron chi connectivity index (χ4n) is 1.45. The number of rotatable bonds is 4. The van der Waals surface area contributed by atoms with Crippen molar-refractivity contribution in [1.82, 2.24) is 15.0 Å². The van der Waals surface area contributed by atoms with Crippen molar-refractivity contribution in [2.45, 2.75) is 13.0 Å². The number of hydrogen-bond donors (Lipinski definition) is 0. The Morgan fingerprint density at radius 1 is 1.41 bits per heavy atom. The highest BCUT2D eigenvalue weighted by Crippen LogP contribution is 2.16. The first-order chi connectivity index (χ1) is 8.19. The largest absolute Gasteiger partial charge is 0.248 e. The van der Waals surface area contributed by atoms with Gasteiger partial charge in [-0.1, -0.05) is 38.8 Å². The minimum atomic E-state index is -0.408. The molecule has 6 heteroatoms. The van der Waals surface area contributed by atoms with E-state index in [-0.39, 0.29) is 5.02 Å². The lowest BCUT2D eigenvalue weighted by atomic mass is 10.2. The fourth-order valence-corrected chi connectivity index (χ4v) is 2.06. The number of alkyl halides is 1. The van der Waals surface area contributed by atoms with Gasteiger partial charge in [0.05, 0.1) is 17.3 Å². The van der Waals surface area contributed by atoms with Crippen molar-refractivity contribution in [3.63, 3.8) is 0 Å². The molecule has 0 aliphatic rings. The maximum atomic E-state index is 13.0. The summed E-state index contributed by atoms with van der Waals surface area (Å²) in [5.41, 5.74) is 1.82. The monoisotopic (exact) mass is 317 g/mol. The highest BCUT2D eigenvalue weighted by molar-refractivity contribution is 9.09. The van der Waals surface area contributed by atoms with Gasteiger partial charge < -0.3 is 0 Å². The van der Waals surface area contributed by atoms with Crippen LogP contribution in [0.4, 0.5) is 4.39 Å². The zero-order valence-corrected chi connectivity index (χ0v) is 11.2. The molecule has 1 aromatic heterocycles. The van der Waals surface area contributed by atoms with Gasteiger partial charge in [-0.25, -0.2) is 9.07 Å². The van der Waals surface area contributed by atoms with E-state index < -0.39 is 5.82 Å². The van der Waals surface area contributed by atoms with Crippen LogP contribution in [0.2, 0.25) is 5.02 Å². The molecule has 1 heterocycles. The summed E-state index contributed by atoms with van der Waals surface area (Å²) in [6, 6.07) is 4.64. The number of benzene rings is 1. The normalized spacial score (nSPS) is 10.8. The maximum absolute atomic E-state index is 13.0. The Balaban J connectivity index is 2.11. The zero-order chi connectivity index (χ0) is 12.3. The van der Waals surface area contributed by atoms with Gasteiger partial charge in [0, 0.05) is 17.9 Å². The van der Waals surface area contributed by atoms with Crippen LogP contribution in [0.5, 0.6) is 0 Å². The molecule has 0 bridgehead atoms. The molecule has 0 saturated carbocycles. The smallest absolute Gasteiger partial charge is 0.141 e. The van der Waals surface area contributed by atoms with E-state index in [0.717, 1.165) is 23.0 Å². The summed E-state index contributed by atoms with van der Waals surface area (Å²) in [4.78, 5) is 0. The average molecular weight is 319 g/mol. The van der Waals surface area contributed by atoms with Crippen molar-refractivity contribution in [2.24, 2.45) is 0 Å². The molecule has 17 heavy (non-hydrogen) atoms. The molecule has 0 spiro atoms. The lowest BCUT2D eigenvalue weighted by Gasteiger charge is -2.02. The summed E-state index contributed by atoms with van der Waals surface area (Å²) in [6.07, 6.45) is 2.71. The predicted molar refractivity (Wildman–Crippen MR) is 68.0 cm³/mol. The van der Waals surface area contributed by atoms with Crippen molar-refractivity contribution in [3.05, 3.63) is 46.5 Å². The summed E-state index contributed by atoms with van der Waals surface area (Å²) in [5, 5.41) is 8.99. The van der Waals surface area contributed by atoms with E-state index in [9.17, 15) is 4.39 Å². The molecule has 0 radical (unpaired) electrons. The molecule has 0 aliphatic carbocycles. The summed E-state index contributed by atoms with van der Waals surface area (Å²) >= 11 is 9.05. The van der Waals surface area contributed by atoms with Gasteiger partial charge in [0.2, 0.25) is 0 Å². The first-order valence-electron chi connectivity index (χ1n) is 5.08. The number of aromatic nitrogens is 3. The number of aryl methyl sites for hydroxylation is 1. The molecular formula is C11H10BrClFN3. The van der Waals surface area contributed by atoms with Gasteiger partial charge in [0.1, 0.15) is 5.82 Å². The zero-order valence-electron chi connectivity index (χ0n) is 8.91. The number of hydrogen-bond acceptors (Lipinski definition) is 2. The highest BCUT2D eigenvalue weighted by atomic mass is 79.9. The minimum Gasteiger partial charge on any atom is -0.248 e. The molecule has 0 N–H and O–H groups in total. The second-order valence-corrected chi connectivity index (χ2v) is 4.80. The molecule has 2 aromatic rings. The van der Waals surface area contributed by atoms with Crippen LogP contribution in [0, 0.1) is 5.82 Å². The van der Waals surface area contributed by atoms with Crippen LogP contribution < -0.4 is 0 Å². The van der Waals surface area contributed by atoms with Crippen LogP contribution in [0.3, 0.4) is 0 Å². The van der Waals surface area contributed by atoms with Crippen molar-refractivity contribution in [1.29, 1.82) is 0 Å². The van der Waals surface area contributed by atoms with Gasteiger partial charge in [-0.3, -0.25) is 0 Å². The van der Waals surface area contributed by atoms with E-state index in [1.165, 1.54) is 6.07 Å². The van der Waals surface area contributed by atoms with E-state index in [2.05, 4.69) is 26.2 Å². The summed E-state index contributed by atoms with van der Waals surface area (Å²) in [6.45, 7) is 0.537. The SMILES string of the molecule is Fc1ccc(Cn2cc(CCBr)nn2)cc1Cl. The molecule has 90 valence electrons. The lowest BCUT2D eigenvalue weighted by molar-refractivity contribution is 0.622. The number of nitrogens with zero attached hydrogens (tertiary/aromatic N) is 3. The second kappa shape index (κ2) is 5.60. The molecule has 3 nitrogen and oxygen atoms in total.